The Labute approximate surface area is 267 Å². The molecule has 0 radical (unpaired) electrons. The Bertz CT molecular complexity index is 1690. The molecular weight excluding hydrogens is 564 g/mol. The van der Waals surface area contributed by atoms with Crippen molar-refractivity contribution in [1.29, 1.82) is 0 Å². The first kappa shape index (κ1) is 33.8. The van der Waals surface area contributed by atoms with E-state index in [1.807, 2.05) is 75.0 Å². The van der Waals surface area contributed by atoms with Gasteiger partial charge in [-0.05, 0) is 81.8 Å². The first-order chi connectivity index (χ1) is 21.8. The molecule has 0 amide bonds. The molecule has 2 aromatic carbocycles. The molecule has 0 aliphatic heterocycles. The van der Waals surface area contributed by atoms with Crippen LogP contribution in [0.1, 0.15) is 64.3 Å². The van der Waals surface area contributed by atoms with Crippen molar-refractivity contribution in [3.8, 4) is 11.5 Å². The second-order valence-corrected chi connectivity index (χ2v) is 11.4. The van der Waals surface area contributed by atoms with E-state index in [-0.39, 0.29) is 0 Å². The summed E-state index contributed by atoms with van der Waals surface area (Å²) in [6.45, 7) is 11.7. The fourth-order valence-corrected chi connectivity index (χ4v) is 5.13. The van der Waals surface area contributed by atoms with Crippen LogP contribution in [0.2, 0.25) is 0 Å². The summed E-state index contributed by atoms with van der Waals surface area (Å²) in [7, 11) is 3.69. The van der Waals surface area contributed by atoms with Gasteiger partial charge in [-0.2, -0.15) is 0 Å². The number of rotatable bonds is 12. The summed E-state index contributed by atoms with van der Waals surface area (Å²) in [6, 6.07) is 11.9. The minimum Gasteiger partial charge on any atom is -0.457 e. The number of benzene rings is 2. The predicted octanol–water partition coefficient (Wildman–Crippen LogP) is 6.46. The van der Waals surface area contributed by atoms with Crippen LogP contribution in [-0.2, 0) is 16.5 Å². The van der Waals surface area contributed by atoms with Crippen LogP contribution < -0.4 is 20.6 Å². The van der Waals surface area contributed by atoms with Gasteiger partial charge in [0.1, 0.15) is 22.7 Å². The zero-order valence-electron chi connectivity index (χ0n) is 27.8. The predicted molar refractivity (Wildman–Crippen MR) is 183 cm³/mol. The number of nitrogens with zero attached hydrogens (tertiary/aromatic N) is 5. The Hall–Kier alpha value is -4.08. The maximum atomic E-state index is 6.16. The summed E-state index contributed by atoms with van der Waals surface area (Å²) in [5, 5.41) is 5.21. The standard InChI is InChI=1S/C27H30N6O.C9H18O2/c1-6-8-9-20-16-29-19(4)31-26(20)27(28-7-2)32-21-10-13-25(18(3)14-21)34-22-11-12-24-23(15-22)30-17-33(24)5;1-3-8-6-9(7-8)11-5-4-10-2/h7,9-17,32H,6,8H2,1-5H3;8-9H,3-7H2,1-2H3/b20-9+,27-26-,28-7-;. The maximum Gasteiger partial charge on any atom is 0.156 e. The highest BCUT2D eigenvalue weighted by Crippen LogP contribution is 2.32. The lowest BCUT2D eigenvalue weighted by molar-refractivity contribution is -0.0479. The van der Waals surface area contributed by atoms with Crippen LogP contribution in [0.15, 0.2) is 53.9 Å². The summed E-state index contributed by atoms with van der Waals surface area (Å²) in [6.07, 6.45) is 14.0. The first-order valence-electron chi connectivity index (χ1n) is 15.9. The highest BCUT2D eigenvalue weighted by Gasteiger charge is 2.27. The third-order valence-electron chi connectivity index (χ3n) is 7.85. The van der Waals surface area contributed by atoms with Gasteiger partial charge in [0.05, 0.1) is 36.7 Å². The van der Waals surface area contributed by atoms with Crippen molar-refractivity contribution in [2.24, 2.45) is 18.0 Å². The molecule has 1 aliphatic rings. The fourth-order valence-electron chi connectivity index (χ4n) is 5.13. The van der Waals surface area contributed by atoms with Gasteiger partial charge in [0.25, 0.3) is 0 Å². The SMILES string of the molecule is CCC1CC(OCCOC)C1.C\C=N/C(Nc1ccc(Oc2ccc3c(c2)ncn3C)c(C)c1)=c1/nc(C)nc/c1=C\CCC. The zero-order valence-corrected chi connectivity index (χ0v) is 27.8. The van der Waals surface area contributed by atoms with E-state index in [1.165, 1.54) is 19.3 Å². The van der Waals surface area contributed by atoms with E-state index >= 15 is 0 Å². The van der Waals surface area contributed by atoms with Crippen molar-refractivity contribution in [2.45, 2.75) is 72.8 Å². The fraction of sp³-hybridized carbons (Fsp3) is 0.444. The van der Waals surface area contributed by atoms with Crippen LogP contribution in [0.5, 0.6) is 11.5 Å². The van der Waals surface area contributed by atoms with E-state index in [0.29, 0.717) is 17.7 Å². The molecule has 1 fully saturated rings. The lowest BCUT2D eigenvalue weighted by atomic mass is 9.80. The number of aryl methyl sites for hydroxylation is 3. The number of aliphatic imine (C=N–C) groups is 1. The van der Waals surface area contributed by atoms with Gasteiger partial charge in [-0.3, -0.25) is 0 Å². The quantitative estimate of drug-likeness (QED) is 0.145. The van der Waals surface area contributed by atoms with Gasteiger partial charge in [-0.25, -0.2) is 19.9 Å². The second-order valence-electron chi connectivity index (χ2n) is 11.4. The number of anilines is 1. The average Bonchev–Trinajstić information content (AvgIpc) is 3.38. The van der Waals surface area contributed by atoms with Gasteiger partial charge in [0.2, 0.25) is 0 Å². The number of hydrogen-bond acceptors (Lipinski definition) is 8. The van der Waals surface area contributed by atoms with Crippen LogP contribution in [0.25, 0.3) is 22.9 Å². The molecule has 0 spiro atoms. The maximum absolute atomic E-state index is 6.16. The number of unbranched alkanes of at least 4 members (excludes halogenated alkanes) is 1. The van der Waals surface area contributed by atoms with Gasteiger partial charge in [0.15, 0.2) is 5.82 Å². The molecule has 240 valence electrons. The summed E-state index contributed by atoms with van der Waals surface area (Å²) < 4.78 is 18.6. The molecule has 4 aromatic rings. The molecule has 9 heteroatoms. The van der Waals surface area contributed by atoms with E-state index in [2.05, 4.69) is 45.2 Å². The molecule has 2 heterocycles. The number of ether oxygens (including phenoxy) is 3. The van der Waals surface area contributed by atoms with Crippen LogP contribution in [0, 0.1) is 19.8 Å². The Morgan fingerprint density at radius 3 is 2.62 bits per heavy atom. The molecule has 0 unspecified atom stereocenters. The number of nitrogens with one attached hydrogen (secondary N) is 1. The Balaban J connectivity index is 0.000000354. The minimum atomic E-state index is 0.537. The van der Waals surface area contributed by atoms with Crippen LogP contribution in [0.3, 0.4) is 0 Å². The summed E-state index contributed by atoms with van der Waals surface area (Å²) in [4.78, 5) is 18.0. The third-order valence-corrected chi connectivity index (χ3v) is 7.85. The minimum absolute atomic E-state index is 0.537. The van der Waals surface area contributed by atoms with Crippen molar-refractivity contribution < 1.29 is 14.2 Å². The van der Waals surface area contributed by atoms with E-state index in [0.717, 1.165) is 76.3 Å². The van der Waals surface area contributed by atoms with Gasteiger partial charge in [-0.1, -0.05) is 32.8 Å². The molecule has 1 N–H and O–H groups in total. The normalized spacial score (nSPS) is 17.2. The lowest BCUT2D eigenvalue weighted by Crippen LogP contribution is -2.33. The van der Waals surface area contributed by atoms with Gasteiger partial charge >= 0.3 is 0 Å². The Morgan fingerprint density at radius 1 is 1.09 bits per heavy atom. The van der Waals surface area contributed by atoms with Crippen LogP contribution >= 0.6 is 0 Å². The lowest BCUT2D eigenvalue weighted by Gasteiger charge is -2.34. The highest BCUT2D eigenvalue weighted by molar-refractivity contribution is 5.77. The molecule has 1 aliphatic carbocycles. The zero-order chi connectivity index (χ0) is 32.2. The molecule has 45 heavy (non-hydrogen) atoms. The summed E-state index contributed by atoms with van der Waals surface area (Å²) in [5.41, 5.74) is 3.88. The average molecular weight is 613 g/mol. The van der Waals surface area contributed by atoms with Crippen molar-refractivity contribution in [3.05, 3.63) is 70.9 Å². The molecule has 1 saturated carbocycles. The number of fused-ring (bicyclic) bond motifs is 1. The molecule has 9 nitrogen and oxygen atoms in total. The molecule has 0 saturated heterocycles. The van der Waals surface area contributed by atoms with E-state index < -0.39 is 0 Å². The summed E-state index contributed by atoms with van der Waals surface area (Å²) >= 11 is 0. The molecular formula is C36H48N6O3. The Morgan fingerprint density at radius 2 is 1.91 bits per heavy atom. The number of imidazole rings is 1. The largest absolute Gasteiger partial charge is 0.457 e. The van der Waals surface area contributed by atoms with Crippen molar-refractivity contribution in [3.63, 3.8) is 0 Å². The van der Waals surface area contributed by atoms with E-state index in [4.69, 9.17) is 14.2 Å². The van der Waals surface area contributed by atoms with Gasteiger partial charge < -0.3 is 24.1 Å². The highest BCUT2D eigenvalue weighted by atomic mass is 16.5. The van der Waals surface area contributed by atoms with Crippen molar-refractivity contribution in [2.75, 3.05) is 25.6 Å². The van der Waals surface area contributed by atoms with Gasteiger partial charge in [-0.15, -0.1) is 0 Å². The van der Waals surface area contributed by atoms with Crippen molar-refractivity contribution >= 4 is 34.8 Å². The van der Waals surface area contributed by atoms with Gasteiger partial charge in [0, 0.05) is 43.5 Å². The van der Waals surface area contributed by atoms with E-state index in [1.54, 1.807) is 19.7 Å². The summed E-state index contributed by atoms with van der Waals surface area (Å²) in [5.74, 6) is 3.87. The van der Waals surface area contributed by atoms with Crippen LogP contribution in [-0.4, -0.2) is 52.2 Å². The Kier molecular flexibility index (Phi) is 12.7. The van der Waals surface area contributed by atoms with Crippen LogP contribution in [0.4, 0.5) is 5.69 Å². The number of methoxy groups -OCH3 is 1. The smallest absolute Gasteiger partial charge is 0.156 e. The second kappa shape index (κ2) is 16.8. The monoisotopic (exact) mass is 612 g/mol. The number of aromatic nitrogens is 4. The first-order valence-corrected chi connectivity index (χ1v) is 15.9. The van der Waals surface area contributed by atoms with E-state index in [9.17, 15) is 0 Å². The topological polar surface area (TPSA) is 95.7 Å². The third kappa shape index (κ3) is 9.45. The molecule has 0 atom stereocenters. The molecule has 0 bridgehead atoms. The van der Waals surface area contributed by atoms with Crippen molar-refractivity contribution in [1.82, 2.24) is 19.5 Å². The molecule has 5 rings (SSSR count). The number of hydrogen-bond donors (Lipinski definition) is 1. The molecule has 2 aromatic heterocycles.